The molecule has 0 aliphatic carbocycles. The van der Waals surface area contributed by atoms with Gasteiger partial charge in [-0.15, -0.1) is 11.8 Å². The minimum absolute atomic E-state index is 0.179. The zero-order valence-corrected chi connectivity index (χ0v) is 14.9. The Hall–Kier alpha value is -1.16. The molecule has 0 unspecified atom stereocenters. The van der Waals surface area contributed by atoms with Crippen molar-refractivity contribution in [3.05, 3.63) is 23.5 Å². The zero-order chi connectivity index (χ0) is 18.8. The SMILES string of the molecule is Cc1cc(F)c(N2CCN(C(=S)C(F)F)CC2)cc1SCC(F)(F)F. The molecule has 1 aliphatic rings. The van der Waals surface area contributed by atoms with Gasteiger partial charge in [-0.25, -0.2) is 13.2 Å². The summed E-state index contributed by atoms with van der Waals surface area (Å²) in [6.45, 7) is 2.49. The van der Waals surface area contributed by atoms with Gasteiger partial charge in [0.25, 0.3) is 6.43 Å². The monoisotopic (exact) mass is 402 g/mol. The van der Waals surface area contributed by atoms with Crippen molar-refractivity contribution in [2.45, 2.75) is 24.4 Å². The van der Waals surface area contributed by atoms with Gasteiger partial charge in [-0.1, -0.05) is 12.2 Å². The molecule has 1 aliphatic heterocycles. The van der Waals surface area contributed by atoms with E-state index in [4.69, 9.17) is 0 Å². The van der Waals surface area contributed by atoms with Crippen LogP contribution in [0.5, 0.6) is 0 Å². The van der Waals surface area contributed by atoms with Crippen LogP contribution in [-0.4, -0.2) is 54.4 Å². The number of benzene rings is 1. The van der Waals surface area contributed by atoms with E-state index in [1.807, 2.05) is 0 Å². The topological polar surface area (TPSA) is 6.48 Å². The summed E-state index contributed by atoms with van der Waals surface area (Å²) in [6, 6.07) is 2.59. The maximum Gasteiger partial charge on any atom is 0.398 e. The minimum atomic E-state index is -4.32. The summed E-state index contributed by atoms with van der Waals surface area (Å²) in [4.78, 5) is 2.91. The van der Waals surface area contributed by atoms with Crippen molar-refractivity contribution < 1.29 is 26.3 Å². The smallest absolute Gasteiger partial charge is 0.366 e. The van der Waals surface area contributed by atoms with Gasteiger partial charge < -0.3 is 9.80 Å². The van der Waals surface area contributed by atoms with E-state index in [-0.39, 0.29) is 31.9 Å². The fourth-order valence-electron chi connectivity index (χ4n) is 2.51. The molecule has 10 heteroatoms. The quantitative estimate of drug-likeness (QED) is 0.415. The van der Waals surface area contributed by atoms with E-state index < -0.39 is 29.2 Å². The number of hydrogen-bond donors (Lipinski definition) is 0. The summed E-state index contributed by atoms with van der Waals surface area (Å²) in [5, 5.41) is 0. The normalized spacial score (nSPS) is 15.8. The van der Waals surface area contributed by atoms with E-state index in [0.29, 0.717) is 22.2 Å². The maximum absolute atomic E-state index is 14.2. The highest BCUT2D eigenvalue weighted by Crippen LogP contribution is 2.34. The zero-order valence-electron chi connectivity index (χ0n) is 13.2. The average Bonchev–Trinajstić information content (AvgIpc) is 2.52. The van der Waals surface area contributed by atoms with Crippen LogP contribution in [0, 0.1) is 12.7 Å². The molecule has 2 rings (SSSR count). The predicted molar refractivity (Wildman–Crippen MR) is 90.3 cm³/mol. The number of rotatable bonds is 4. The van der Waals surface area contributed by atoms with Crippen LogP contribution in [0.4, 0.5) is 32.0 Å². The van der Waals surface area contributed by atoms with E-state index in [1.165, 1.54) is 17.0 Å². The Kier molecular flexibility index (Phi) is 6.47. The first-order chi connectivity index (χ1) is 11.6. The lowest BCUT2D eigenvalue weighted by Crippen LogP contribution is -2.50. The molecule has 0 atom stereocenters. The average molecular weight is 402 g/mol. The third-order valence-electron chi connectivity index (χ3n) is 3.75. The fraction of sp³-hybridized carbons (Fsp3) is 0.533. The lowest BCUT2D eigenvalue weighted by molar-refractivity contribution is -0.105. The van der Waals surface area contributed by atoms with Crippen LogP contribution in [0.1, 0.15) is 5.56 Å². The van der Waals surface area contributed by atoms with Crippen LogP contribution in [-0.2, 0) is 0 Å². The molecule has 1 heterocycles. The van der Waals surface area contributed by atoms with Gasteiger partial charge in [0.2, 0.25) is 0 Å². The summed E-state index contributed by atoms with van der Waals surface area (Å²) in [5.41, 5.74) is 0.603. The summed E-state index contributed by atoms with van der Waals surface area (Å²) < 4.78 is 76.7. The predicted octanol–water partition coefficient (Wildman–Crippen LogP) is 4.50. The van der Waals surface area contributed by atoms with Gasteiger partial charge in [0, 0.05) is 31.1 Å². The first-order valence-corrected chi connectivity index (χ1v) is 8.79. The molecule has 2 nitrogen and oxygen atoms in total. The molecule has 1 aromatic rings. The Morgan fingerprint density at radius 3 is 2.32 bits per heavy atom. The standard InChI is InChI=1S/C15H16F6N2S2/c1-9-6-10(16)11(7-12(9)25-8-15(19,20)21)22-2-4-23(5-3-22)14(24)13(17)18/h6-7,13H,2-5,8H2,1H3. The Morgan fingerprint density at radius 2 is 1.80 bits per heavy atom. The number of alkyl halides is 5. The number of piperazine rings is 1. The van der Waals surface area contributed by atoms with Crippen molar-refractivity contribution in [1.29, 1.82) is 0 Å². The first-order valence-electron chi connectivity index (χ1n) is 7.40. The largest absolute Gasteiger partial charge is 0.398 e. The number of thiocarbonyl (C=S) groups is 1. The van der Waals surface area contributed by atoms with Gasteiger partial charge in [-0.05, 0) is 24.6 Å². The van der Waals surface area contributed by atoms with Gasteiger partial charge in [-0.3, -0.25) is 0 Å². The molecular weight excluding hydrogens is 386 g/mol. The van der Waals surface area contributed by atoms with Crippen LogP contribution in [0.3, 0.4) is 0 Å². The van der Waals surface area contributed by atoms with Gasteiger partial charge in [-0.2, -0.15) is 13.2 Å². The van der Waals surface area contributed by atoms with Gasteiger partial charge >= 0.3 is 6.18 Å². The number of thioether (sulfide) groups is 1. The van der Waals surface area contributed by atoms with E-state index in [9.17, 15) is 26.3 Å². The second-order valence-corrected chi connectivity index (χ2v) is 7.02. The van der Waals surface area contributed by atoms with Crippen LogP contribution in [0.25, 0.3) is 0 Å². The second kappa shape index (κ2) is 8.03. The Labute approximate surface area is 151 Å². The number of aryl methyl sites for hydroxylation is 1. The van der Waals surface area contributed by atoms with Gasteiger partial charge in [0.05, 0.1) is 11.4 Å². The molecule has 25 heavy (non-hydrogen) atoms. The van der Waals surface area contributed by atoms with Crippen LogP contribution in [0.15, 0.2) is 17.0 Å². The van der Waals surface area contributed by atoms with Crippen molar-refractivity contribution in [1.82, 2.24) is 4.90 Å². The summed E-state index contributed by atoms with van der Waals surface area (Å²) >= 11 is 5.26. The highest BCUT2D eigenvalue weighted by atomic mass is 32.2. The van der Waals surface area contributed by atoms with Crippen molar-refractivity contribution in [2.75, 3.05) is 36.8 Å². The summed E-state index contributed by atoms with van der Waals surface area (Å²) in [5.74, 6) is -1.60. The lowest BCUT2D eigenvalue weighted by Gasteiger charge is -2.37. The van der Waals surface area contributed by atoms with E-state index in [1.54, 1.807) is 11.8 Å². The van der Waals surface area contributed by atoms with E-state index in [2.05, 4.69) is 12.2 Å². The highest BCUT2D eigenvalue weighted by molar-refractivity contribution is 7.99. The Balaban J connectivity index is 2.10. The number of hydrogen-bond acceptors (Lipinski definition) is 3. The molecule has 0 N–H and O–H groups in total. The fourth-order valence-corrected chi connectivity index (χ4v) is 3.49. The molecule has 140 valence electrons. The molecule has 0 spiro atoms. The molecule has 0 radical (unpaired) electrons. The van der Waals surface area contributed by atoms with E-state index >= 15 is 0 Å². The lowest BCUT2D eigenvalue weighted by atomic mass is 10.2. The van der Waals surface area contributed by atoms with Crippen molar-refractivity contribution in [2.24, 2.45) is 0 Å². The minimum Gasteiger partial charge on any atom is -0.366 e. The highest BCUT2D eigenvalue weighted by Gasteiger charge is 2.29. The van der Waals surface area contributed by atoms with Crippen molar-refractivity contribution in [3.63, 3.8) is 0 Å². The van der Waals surface area contributed by atoms with Crippen molar-refractivity contribution in [3.8, 4) is 0 Å². The molecule has 0 aromatic heterocycles. The number of nitrogens with zero attached hydrogens (tertiary/aromatic N) is 2. The van der Waals surface area contributed by atoms with E-state index in [0.717, 1.165) is 0 Å². The summed E-state index contributed by atoms with van der Waals surface area (Å²) in [6.07, 6.45) is -7.04. The van der Waals surface area contributed by atoms with Crippen LogP contribution < -0.4 is 4.90 Å². The molecule has 0 amide bonds. The number of anilines is 1. The molecule has 1 aromatic carbocycles. The second-order valence-electron chi connectivity index (χ2n) is 5.59. The molecular formula is C15H16F6N2S2. The molecule has 0 bridgehead atoms. The van der Waals surface area contributed by atoms with Crippen molar-refractivity contribution >= 4 is 34.7 Å². The van der Waals surface area contributed by atoms with Gasteiger partial charge in [0.1, 0.15) is 10.8 Å². The first kappa shape index (κ1) is 20.2. The maximum atomic E-state index is 14.2. The molecule has 0 saturated carbocycles. The van der Waals surface area contributed by atoms with Gasteiger partial charge in [0.15, 0.2) is 0 Å². The van der Waals surface area contributed by atoms with Crippen LogP contribution in [0.2, 0.25) is 0 Å². The number of halogens is 6. The molecule has 1 fully saturated rings. The van der Waals surface area contributed by atoms with Crippen LogP contribution >= 0.6 is 24.0 Å². The molecule has 1 saturated heterocycles. The summed E-state index contributed by atoms with van der Waals surface area (Å²) in [7, 11) is 0. The third kappa shape index (κ3) is 5.40. The Bertz CT molecular complexity index is 627. The Morgan fingerprint density at radius 1 is 1.20 bits per heavy atom. The third-order valence-corrected chi connectivity index (χ3v) is 5.41.